The lowest BCUT2D eigenvalue weighted by Crippen LogP contribution is -2.34. The van der Waals surface area contributed by atoms with Gasteiger partial charge < -0.3 is 16.4 Å². The summed E-state index contributed by atoms with van der Waals surface area (Å²) in [6.07, 6.45) is 14.7. The Morgan fingerprint density at radius 2 is 1.44 bits per heavy atom. The molecule has 0 bridgehead atoms. The highest BCUT2D eigenvalue weighted by Gasteiger charge is 2.15. The van der Waals surface area contributed by atoms with Crippen LogP contribution in [0.25, 0.3) is 16.6 Å². The van der Waals surface area contributed by atoms with Gasteiger partial charge >= 0.3 is 0 Å². The first-order chi connectivity index (χ1) is 15.7. The van der Waals surface area contributed by atoms with Crippen LogP contribution in [0.4, 0.5) is 11.4 Å². The van der Waals surface area contributed by atoms with E-state index >= 15 is 0 Å². The lowest BCUT2D eigenvalue weighted by Gasteiger charge is -2.29. The monoisotopic (exact) mass is 429 g/mol. The summed E-state index contributed by atoms with van der Waals surface area (Å²) in [7, 11) is 0. The molecule has 2 aromatic carbocycles. The van der Waals surface area contributed by atoms with E-state index in [0.717, 1.165) is 36.4 Å². The lowest BCUT2D eigenvalue weighted by atomic mass is 10.0. The zero-order valence-electron chi connectivity index (χ0n) is 19.2. The fourth-order valence-corrected chi connectivity index (χ4v) is 4.77. The summed E-state index contributed by atoms with van der Waals surface area (Å²) in [5, 5.41) is 1.16. The molecule has 0 saturated carbocycles. The summed E-state index contributed by atoms with van der Waals surface area (Å²) in [5.74, 6) is 0. The van der Waals surface area contributed by atoms with Crippen LogP contribution >= 0.6 is 0 Å². The van der Waals surface area contributed by atoms with Gasteiger partial charge in [-0.1, -0.05) is 62.4 Å². The van der Waals surface area contributed by atoms with Crippen molar-refractivity contribution in [3.63, 3.8) is 0 Å². The largest absolute Gasteiger partial charge is 0.398 e. The minimum absolute atomic E-state index is 0.863. The van der Waals surface area contributed by atoms with Crippen LogP contribution in [0, 0.1) is 0 Å². The summed E-state index contributed by atoms with van der Waals surface area (Å²) < 4.78 is 2.34. The number of nitrogen functional groups attached to an aromatic ring is 1. The van der Waals surface area contributed by atoms with Crippen molar-refractivity contribution in [3.8, 4) is 0 Å². The van der Waals surface area contributed by atoms with E-state index in [2.05, 4.69) is 70.3 Å². The van der Waals surface area contributed by atoms with Crippen LogP contribution in [0.3, 0.4) is 0 Å². The highest BCUT2D eigenvalue weighted by Crippen LogP contribution is 2.28. The molecule has 0 unspecified atom stereocenters. The molecule has 0 fully saturated rings. The number of hydrogen-bond donors (Lipinski definition) is 2. The van der Waals surface area contributed by atoms with Gasteiger partial charge in [0, 0.05) is 48.6 Å². The van der Waals surface area contributed by atoms with Crippen molar-refractivity contribution in [2.45, 2.75) is 57.9 Å². The third kappa shape index (κ3) is 5.42. The molecule has 4 rings (SSSR count). The third-order valence-electron chi connectivity index (χ3n) is 6.62. The molecule has 0 spiro atoms. The molecule has 1 aromatic heterocycles. The molecule has 4 nitrogen and oxygen atoms in total. The van der Waals surface area contributed by atoms with Crippen molar-refractivity contribution in [2.75, 3.05) is 23.7 Å². The zero-order valence-corrected chi connectivity index (χ0v) is 19.2. The van der Waals surface area contributed by atoms with Crippen molar-refractivity contribution in [1.29, 1.82) is 0 Å². The number of rotatable bonds is 11. The van der Waals surface area contributed by atoms with E-state index in [0.29, 0.717) is 0 Å². The topological polar surface area (TPSA) is 59.2 Å². The van der Waals surface area contributed by atoms with Gasteiger partial charge in [0.2, 0.25) is 5.52 Å². The Hall–Kier alpha value is -3.01. The second kappa shape index (κ2) is 11.0. The minimum atomic E-state index is 0.863. The van der Waals surface area contributed by atoms with E-state index in [4.69, 9.17) is 11.5 Å². The Labute approximate surface area is 192 Å². The van der Waals surface area contributed by atoms with Crippen molar-refractivity contribution in [3.05, 3.63) is 72.4 Å². The van der Waals surface area contributed by atoms with Crippen molar-refractivity contribution in [1.82, 2.24) is 0 Å². The summed E-state index contributed by atoms with van der Waals surface area (Å²) in [4.78, 5) is 2.46. The van der Waals surface area contributed by atoms with Gasteiger partial charge in [0.1, 0.15) is 6.54 Å². The number of anilines is 2. The molecule has 32 heavy (non-hydrogen) atoms. The standard InChI is InChI=1S/C28H36N4/c29-25-17-21-31(27-15-9-7-13-23(25)27)19-11-5-3-1-2-4-6-12-20-32-22-18-26(30)24-14-8-10-16-28(24)32/h7-10,13-18,21,29H,1-6,11-12,19-20,22,30H2/p+1. The molecule has 0 atom stereocenters. The van der Waals surface area contributed by atoms with Crippen molar-refractivity contribution in [2.24, 2.45) is 5.73 Å². The highest BCUT2D eigenvalue weighted by atomic mass is 15.1. The number of aromatic nitrogens is 1. The quantitative estimate of drug-likeness (QED) is 0.306. The van der Waals surface area contributed by atoms with E-state index in [9.17, 15) is 0 Å². The van der Waals surface area contributed by atoms with Crippen LogP contribution in [0.1, 0.15) is 56.9 Å². The number of aryl methyl sites for hydroxylation is 1. The Morgan fingerprint density at radius 1 is 0.750 bits per heavy atom. The van der Waals surface area contributed by atoms with Crippen LogP contribution in [0.5, 0.6) is 0 Å². The van der Waals surface area contributed by atoms with Crippen LogP contribution in [0.2, 0.25) is 0 Å². The van der Waals surface area contributed by atoms with Gasteiger partial charge in [0.05, 0.1) is 11.1 Å². The maximum Gasteiger partial charge on any atom is 0.214 e. The van der Waals surface area contributed by atoms with Crippen LogP contribution in [-0.4, -0.2) is 13.1 Å². The molecule has 4 heteroatoms. The van der Waals surface area contributed by atoms with E-state index in [1.54, 1.807) is 0 Å². The van der Waals surface area contributed by atoms with Gasteiger partial charge in [0.25, 0.3) is 0 Å². The number of fused-ring (bicyclic) bond motifs is 2. The Kier molecular flexibility index (Phi) is 7.65. The fraction of sp³-hybridized carbons (Fsp3) is 0.393. The summed E-state index contributed by atoms with van der Waals surface area (Å²) in [6.45, 7) is 3.12. The Morgan fingerprint density at radius 3 is 2.28 bits per heavy atom. The molecule has 2 heterocycles. The van der Waals surface area contributed by atoms with Gasteiger partial charge in [0.15, 0.2) is 6.20 Å². The van der Waals surface area contributed by atoms with E-state index in [1.807, 2.05) is 6.07 Å². The fourth-order valence-electron chi connectivity index (χ4n) is 4.77. The van der Waals surface area contributed by atoms with Gasteiger partial charge in [-0.2, -0.15) is 4.57 Å². The summed E-state index contributed by atoms with van der Waals surface area (Å²) >= 11 is 0. The molecule has 0 amide bonds. The molecule has 0 radical (unpaired) electrons. The molecular weight excluding hydrogens is 392 g/mol. The van der Waals surface area contributed by atoms with Gasteiger partial charge in [-0.15, -0.1) is 0 Å². The third-order valence-corrected chi connectivity index (χ3v) is 6.62. The number of hydrogen-bond acceptors (Lipinski definition) is 3. The van der Waals surface area contributed by atoms with E-state index in [1.165, 1.54) is 68.1 Å². The predicted molar refractivity (Wildman–Crippen MR) is 136 cm³/mol. The number of nitrogens with two attached hydrogens (primary N) is 2. The Bertz CT molecular complexity index is 1060. The van der Waals surface area contributed by atoms with Crippen LogP contribution in [-0.2, 0) is 6.54 Å². The van der Waals surface area contributed by atoms with Crippen molar-refractivity contribution >= 4 is 28.0 Å². The number of unbranched alkanes of at least 4 members (excludes halogenated alkanes) is 7. The maximum absolute atomic E-state index is 6.14. The number of para-hydroxylation sites is 2. The second-order valence-corrected chi connectivity index (χ2v) is 8.93. The Balaban J connectivity index is 1.08. The SMILES string of the molecule is NC1=CCN(CCCCCCCCCC[n+]2ccc(N)c3ccccc32)c2ccccc21. The molecule has 168 valence electrons. The predicted octanol–water partition coefficient (Wildman–Crippen LogP) is 5.65. The van der Waals surface area contributed by atoms with E-state index < -0.39 is 0 Å². The lowest BCUT2D eigenvalue weighted by molar-refractivity contribution is -0.671. The second-order valence-electron chi connectivity index (χ2n) is 8.93. The molecular formula is C28H37N4+. The summed E-state index contributed by atoms with van der Waals surface area (Å²) in [5.41, 5.74) is 17.8. The molecule has 0 aliphatic carbocycles. The van der Waals surface area contributed by atoms with Crippen LogP contribution < -0.4 is 20.9 Å². The maximum atomic E-state index is 6.14. The number of pyridine rings is 1. The van der Waals surface area contributed by atoms with Crippen LogP contribution in [0.15, 0.2) is 66.9 Å². The number of benzene rings is 2. The van der Waals surface area contributed by atoms with Crippen molar-refractivity contribution < 1.29 is 4.57 Å². The van der Waals surface area contributed by atoms with E-state index in [-0.39, 0.29) is 0 Å². The molecule has 1 aliphatic heterocycles. The first-order valence-electron chi connectivity index (χ1n) is 12.2. The average Bonchev–Trinajstić information content (AvgIpc) is 2.83. The van der Waals surface area contributed by atoms with Gasteiger partial charge in [-0.25, -0.2) is 0 Å². The normalized spacial score (nSPS) is 13.2. The number of nitrogens with zero attached hydrogens (tertiary/aromatic N) is 2. The van der Waals surface area contributed by atoms with Gasteiger partial charge in [-0.3, -0.25) is 0 Å². The molecule has 4 N–H and O–H groups in total. The minimum Gasteiger partial charge on any atom is -0.398 e. The molecule has 0 saturated heterocycles. The average molecular weight is 430 g/mol. The molecule has 3 aromatic rings. The first-order valence-corrected chi connectivity index (χ1v) is 12.2. The smallest absolute Gasteiger partial charge is 0.214 e. The van der Waals surface area contributed by atoms with Gasteiger partial charge in [-0.05, 0) is 31.1 Å². The first kappa shape index (κ1) is 22.2. The highest BCUT2D eigenvalue weighted by molar-refractivity contribution is 5.87. The molecule has 1 aliphatic rings. The zero-order chi connectivity index (χ0) is 22.2. The summed E-state index contributed by atoms with van der Waals surface area (Å²) in [6, 6.07) is 18.9.